The molecule has 1 N–H and O–H groups in total. The van der Waals surface area contributed by atoms with E-state index in [2.05, 4.69) is 15.3 Å². The molecule has 1 fully saturated rings. The normalized spacial score (nSPS) is 19.1. The van der Waals surface area contributed by atoms with Gasteiger partial charge in [0.25, 0.3) is 5.91 Å². The maximum Gasteiger partial charge on any atom is 0.255 e. The zero-order valence-electron chi connectivity index (χ0n) is 14.9. The monoisotopic (exact) mass is 372 g/mol. The lowest BCUT2D eigenvalue weighted by atomic mass is 10.0. The Labute approximate surface area is 160 Å². The van der Waals surface area contributed by atoms with Gasteiger partial charge in [0.15, 0.2) is 5.65 Å². The highest BCUT2D eigenvalue weighted by Gasteiger charge is 2.39. The molecular weight excluding hydrogens is 356 g/mol. The predicted molar refractivity (Wildman–Crippen MR) is 101 cm³/mol. The molecule has 0 bridgehead atoms. The zero-order chi connectivity index (χ0) is 19.3. The van der Waals surface area contributed by atoms with Crippen LogP contribution in [0.4, 0.5) is 0 Å². The predicted octanol–water partition coefficient (Wildman–Crippen LogP) is 2.06. The van der Waals surface area contributed by atoms with Crippen LogP contribution in [0.25, 0.3) is 22.3 Å². The third-order valence-corrected chi connectivity index (χ3v) is 5.28. The number of amides is 3. The van der Waals surface area contributed by atoms with Gasteiger partial charge in [0.1, 0.15) is 6.04 Å². The number of fused-ring (bicyclic) bond motifs is 2. The Hall–Kier alpha value is -3.61. The highest BCUT2D eigenvalue weighted by Crippen LogP contribution is 2.31. The number of benzene rings is 1. The summed E-state index contributed by atoms with van der Waals surface area (Å²) >= 11 is 0. The number of hydrogen-bond donors (Lipinski definition) is 1. The molecular formula is C21H16N4O3. The van der Waals surface area contributed by atoms with E-state index in [-0.39, 0.29) is 18.2 Å². The maximum atomic E-state index is 12.8. The fourth-order valence-electron chi connectivity index (χ4n) is 3.85. The van der Waals surface area contributed by atoms with Crippen molar-refractivity contribution in [3.63, 3.8) is 0 Å². The molecule has 5 rings (SSSR count). The highest BCUT2D eigenvalue weighted by atomic mass is 16.2. The lowest BCUT2D eigenvalue weighted by Gasteiger charge is -2.29. The van der Waals surface area contributed by atoms with E-state index < -0.39 is 11.9 Å². The van der Waals surface area contributed by atoms with Crippen molar-refractivity contribution in [1.29, 1.82) is 0 Å². The number of rotatable bonds is 2. The first kappa shape index (κ1) is 16.6. The quantitative estimate of drug-likeness (QED) is 0.695. The largest absolute Gasteiger partial charge is 0.322 e. The summed E-state index contributed by atoms with van der Waals surface area (Å²) in [7, 11) is 0. The van der Waals surface area contributed by atoms with E-state index in [0.717, 1.165) is 22.2 Å². The molecule has 1 unspecified atom stereocenters. The standard InChI is InChI=1S/C21H16N4O3/c26-18-8-7-17(20(27)24-18)25-11-14-10-13(3-5-15(14)21(25)28)16-6-4-12-2-1-9-22-19(12)23-16/h1-6,9-10,17H,7-8,11H2,(H,24,26,27). The molecule has 0 saturated carbocycles. The molecule has 3 amide bonds. The molecule has 0 radical (unpaired) electrons. The Kier molecular flexibility index (Phi) is 3.68. The van der Waals surface area contributed by atoms with Crippen LogP contribution in [0.3, 0.4) is 0 Å². The number of aromatic nitrogens is 2. The van der Waals surface area contributed by atoms with Crippen LogP contribution in [-0.2, 0) is 16.1 Å². The molecule has 4 heterocycles. The van der Waals surface area contributed by atoms with Crippen LogP contribution in [0.2, 0.25) is 0 Å². The minimum Gasteiger partial charge on any atom is -0.322 e. The Morgan fingerprint density at radius 3 is 2.82 bits per heavy atom. The van der Waals surface area contributed by atoms with Gasteiger partial charge in [-0.15, -0.1) is 0 Å². The van der Waals surface area contributed by atoms with Crippen molar-refractivity contribution in [1.82, 2.24) is 20.2 Å². The smallest absolute Gasteiger partial charge is 0.255 e. The second-order valence-corrected chi connectivity index (χ2v) is 7.02. The van der Waals surface area contributed by atoms with Gasteiger partial charge in [0.2, 0.25) is 11.8 Å². The third-order valence-electron chi connectivity index (χ3n) is 5.28. The molecule has 0 aliphatic carbocycles. The molecule has 3 aromatic rings. The second kappa shape index (κ2) is 6.23. The first-order valence-electron chi connectivity index (χ1n) is 9.10. The summed E-state index contributed by atoms with van der Waals surface area (Å²) in [6, 6.07) is 12.7. The van der Waals surface area contributed by atoms with Crippen molar-refractivity contribution >= 4 is 28.8 Å². The average molecular weight is 372 g/mol. The highest BCUT2D eigenvalue weighted by molar-refractivity contribution is 6.05. The maximum absolute atomic E-state index is 12.8. The van der Waals surface area contributed by atoms with Gasteiger partial charge >= 0.3 is 0 Å². The Morgan fingerprint density at radius 2 is 1.96 bits per heavy atom. The van der Waals surface area contributed by atoms with E-state index in [0.29, 0.717) is 24.2 Å². The fourth-order valence-corrected chi connectivity index (χ4v) is 3.85. The van der Waals surface area contributed by atoms with Crippen molar-refractivity contribution in [3.05, 3.63) is 59.8 Å². The number of hydrogen-bond acceptors (Lipinski definition) is 5. The van der Waals surface area contributed by atoms with Gasteiger partial charge in [0, 0.05) is 35.7 Å². The van der Waals surface area contributed by atoms with E-state index in [1.54, 1.807) is 17.2 Å². The molecule has 28 heavy (non-hydrogen) atoms. The molecule has 7 nitrogen and oxygen atoms in total. The van der Waals surface area contributed by atoms with Crippen LogP contribution in [0.5, 0.6) is 0 Å². The van der Waals surface area contributed by atoms with Gasteiger partial charge in [-0.2, -0.15) is 0 Å². The molecule has 138 valence electrons. The van der Waals surface area contributed by atoms with Crippen LogP contribution >= 0.6 is 0 Å². The number of carbonyl (C=O) groups excluding carboxylic acids is 3. The fraction of sp³-hybridized carbons (Fsp3) is 0.190. The number of carbonyl (C=O) groups is 3. The van der Waals surface area contributed by atoms with Gasteiger partial charge < -0.3 is 4.90 Å². The van der Waals surface area contributed by atoms with Crippen LogP contribution in [-0.4, -0.2) is 38.6 Å². The summed E-state index contributed by atoms with van der Waals surface area (Å²) in [5, 5.41) is 3.28. The van der Waals surface area contributed by atoms with E-state index in [9.17, 15) is 14.4 Å². The zero-order valence-corrected chi connectivity index (χ0v) is 14.9. The van der Waals surface area contributed by atoms with E-state index >= 15 is 0 Å². The van der Waals surface area contributed by atoms with E-state index in [1.807, 2.05) is 36.4 Å². The minimum absolute atomic E-state index is 0.177. The van der Waals surface area contributed by atoms with Crippen molar-refractivity contribution < 1.29 is 14.4 Å². The molecule has 1 atom stereocenters. The molecule has 2 aliphatic heterocycles. The molecule has 2 aromatic heterocycles. The Bertz CT molecular complexity index is 1160. The Morgan fingerprint density at radius 1 is 1.07 bits per heavy atom. The van der Waals surface area contributed by atoms with Crippen molar-refractivity contribution in [2.45, 2.75) is 25.4 Å². The van der Waals surface area contributed by atoms with Gasteiger partial charge in [-0.05, 0) is 48.4 Å². The first-order chi connectivity index (χ1) is 13.6. The number of imide groups is 1. The molecule has 0 spiro atoms. The van der Waals surface area contributed by atoms with Crippen molar-refractivity contribution in [2.75, 3.05) is 0 Å². The lowest BCUT2D eigenvalue weighted by molar-refractivity contribution is -0.136. The van der Waals surface area contributed by atoms with Gasteiger partial charge in [-0.1, -0.05) is 6.07 Å². The lowest BCUT2D eigenvalue weighted by Crippen LogP contribution is -2.52. The van der Waals surface area contributed by atoms with Crippen LogP contribution < -0.4 is 5.32 Å². The summed E-state index contributed by atoms with van der Waals surface area (Å²) in [5.74, 6) is -0.868. The topological polar surface area (TPSA) is 92.3 Å². The first-order valence-corrected chi connectivity index (χ1v) is 9.10. The molecule has 1 saturated heterocycles. The molecule has 2 aliphatic rings. The number of pyridine rings is 2. The van der Waals surface area contributed by atoms with Gasteiger partial charge in [-0.25, -0.2) is 9.97 Å². The Balaban J connectivity index is 1.47. The number of nitrogens with zero attached hydrogens (tertiary/aromatic N) is 3. The summed E-state index contributed by atoms with van der Waals surface area (Å²) in [4.78, 5) is 46.8. The van der Waals surface area contributed by atoms with Crippen molar-refractivity contribution in [2.24, 2.45) is 0 Å². The summed E-state index contributed by atoms with van der Waals surface area (Å²) in [6.45, 7) is 0.347. The summed E-state index contributed by atoms with van der Waals surface area (Å²) in [6.07, 6.45) is 2.31. The van der Waals surface area contributed by atoms with E-state index in [4.69, 9.17) is 0 Å². The van der Waals surface area contributed by atoms with Crippen LogP contribution in [0, 0.1) is 0 Å². The van der Waals surface area contributed by atoms with Gasteiger partial charge in [-0.3, -0.25) is 19.7 Å². The van der Waals surface area contributed by atoms with Crippen LogP contribution in [0.1, 0.15) is 28.8 Å². The van der Waals surface area contributed by atoms with Crippen molar-refractivity contribution in [3.8, 4) is 11.3 Å². The van der Waals surface area contributed by atoms with Crippen LogP contribution in [0.15, 0.2) is 48.7 Å². The summed E-state index contributed by atoms with van der Waals surface area (Å²) in [5.41, 5.74) is 3.79. The SMILES string of the molecule is O=C1CCC(N2Cc3cc(-c4ccc5cccnc5n4)ccc3C2=O)C(=O)N1. The molecule has 1 aromatic carbocycles. The number of piperidine rings is 1. The van der Waals surface area contributed by atoms with E-state index in [1.165, 1.54) is 0 Å². The van der Waals surface area contributed by atoms with Gasteiger partial charge in [0.05, 0.1) is 5.69 Å². The summed E-state index contributed by atoms with van der Waals surface area (Å²) < 4.78 is 0. The molecule has 7 heteroatoms. The average Bonchev–Trinajstić information content (AvgIpc) is 3.03. The number of nitrogens with one attached hydrogen (secondary N) is 1. The third kappa shape index (κ3) is 2.63. The second-order valence-electron chi connectivity index (χ2n) is 7.02. The minimum atomic E-state index is -0.607.